The van der Waals surface area contributed by atoms with E-state index in [1.54, 1.807) is 4.68 Å². The monoisotopic (exact) mass is 373 g/mol. The Hall–Kier alpha value is -2.15. The Morgan fingerprint density at radius 2 is 2.04 bits per heavy atom. The van der Waals surface area contributed by atoms with Gasteiger partial charge < -0.3 is 15.0 Å². The van der Waals surface area contributed by atoms with Gasteiger partial charge in [-0.05, 0) is 57.3 Å². The first-order valence-electron chi connectivity index (χ1n) is 9.87. The summed E-state index contributed by atoms with van der Waals surface area (Å²) in [6.45, 7) is 10.2. The van der Waals surface area contributed by atoms with Gasteiger partial charge in [-0.25, -0.2) is 9.67 Å². The molecule has 1 fully saturated rings. The Balaban J connectivity index is 1.50. The van der Waals surface area contributed by atoms with Crippen LogP contribution in [0, 0.1) is 19.8 Å². The van der Waals surface area contributed by atoms with Crippen LogP contribution in [0.1, 0.15) is 37.4 Å². The molecule has 1 N–H and O–H groups in total. The maximum Gasteiger partial charge on any atom is 0.258 e. The van der Waals surface area contributed by atoms with Crippen molar-refractivity contribution in [1.29, 1.82) is 0 Å². The van der Waals surface area contributed by atoms with Crippen molar-refractivity contribution in [2.75, 3.05) is 32.8 Å². The fourth-order valence-corrected chi connectivity index (χ4v) is 3.77. The average Bonchev–Trinajstić information content (AvgIpc) is 2.95. The van der Waals surface area contributed by atoms with Crippen LogP contribution in [0.15, 0.2) is 6.07 Å². The lowest BCUT2D eigenvalue weighted by Crippen LogP contribution is -2.39. The van der Waals surface area contributed by atoms with E-state index in [0.29, 0.717) is 18.3 Å². The molecule has 0 bridgehead atoms. The van der Waals surface area contributed by atoms with E-state index in [4.69, 9.17) is 4.74 Å². The molecular weight excluding hydrogens is 342 g/mol. The van der Waals surface area contributed by atoms with Gasteiger partial charge in [0.05, 0.1) is 5.39 Å². The number of ether oxygens (including phenoxy) is 1. The SMILES string of the molecule is Cc1cc(C)c2c(OCC(=O)NCC(C)CN3CCCCC3)nn(C)c2n1. The van der Waals surface area contributed by atoms with E-state index in [2.05, 4.69) is 27.2 Å². The third-order valence-electron chi connectivity index (χ3n) is 5.09. The largest absolute Gasteiger partial charge is 0.466 e. The standard InChI is InChI=1S/C20H31N5O2/c1-14(12-25-8-6-5-7-9-25)11-21-17(26)13-27-20-18-15(2)10-16(3)22-19(18)24(4)23-20/h10,14H,5-9,11-13H2,1-4H3,(H,21,26). The van der Waals surface area contributed by atoms with Gasteiger partial charge in [-0.1, -0.05) is 13.3 Å². The van der Waals surface area contributed by atoms with Crippen molar-refractivity contribution in [2.24, 2.45) is 13.0 Å². The van der Waals surface area contributed by atoms with Crippen molar-refractivity contribution < 1.29 is 9.53 Å². The third kappa shape index (κ3) is 4.97. The Morgan fingerprint density at radius 3 is 2.78 bits per heavy atom. The van der Waals surface area contributed by atoms with Crippen molar-refractivity contribution in [3.63, 3.8) is 0 Å². The number of nitrogens with zero attached hydrogens (tertiary/aromatic N) is 4. The van der Waals surface area contributed by atoms with Crippen molar-refractivity contribution in [2.45, 2.75) is 40.0 Å². The number of nitrogens with one attached hydrogen (secondary N) is 1. The van der Waals surface area contributed by atoms with Crippen LogP contribution in [0.2, 0.25) is 0 Å². The van der Waals surface area contributed by atoms with Crippen LogP contribution in [0.25, 0.3) is 11.0 Å². The highest BCUT2D eigenvalue weighted by molar-refractivity contribution is 5.85. The molecule has 148 valence electrons. The van der Waals surface area contributed by atoms with E-state index in [-0.39, 0.29) is 12.5 Å². The van der Waals surface area contributed by atoms with Crippen LogP contribution >= 0.6 is 0 Å². The molecule has 1 amide bonds. The van der Waals surface area contributed by atoms with Gasteiger partial charge in [-0.2, -0.15) is 0 Å². The minimum atomic E-state index is -0.114. The van der Waals surface area contributed by atoms with Gasteiger partial charge in [-0.15, -0.1) is 5.10 Å². The fraction of sp³-hybridized carbons (Fsp3) is 0.650. The Kier molecular flexibility index (Phi) is 6.31. The van der Waals surface area contributed by atoms with Crippen molar-refractivity contribution in [3.8, 4) is 5.88 Å². The number of carbonyl (C=O) groups excluding carboxylic acids is 1. The molecule has 2 aromatic rings. The molecule has 3 rings (SSSR count). The zero-order valence-corrected chi connectivity index (χ0v) is 16.9. The lowest BCUT2D eigenvalue weighted by molar-refractivity contribution is -0.123. The van der Waals surface area contributed by atoms with E-state index in [1.165, 1.54) is 32.4 Å². The van der Waals surface area contributed by atoms with Crippen LogP contribution in [0.5, 0.6) is 5.88 Å². The van der Waals surface area contributed by atoms with Gasteiger partial charge in [0.1, 0.15) is 0 Å². The molecule has 0 aromatic carbocycles. The van der Waals surface area contributed by atoms with Crippen LogP contribution in [-0.2, 0) is 11.8 Å². The normalized spacial score (nSPS) is 16.4. The minimum absolute atomic E-state index is 0.0319. The Bertz CT molecular complexity index is 795. The average molecular weight is 374 g/mol. The molecule has 1 aliphatic heterocycles. The number of aromatic nitrogens is 3. The number of pyridine rings is 1. The van der Waals surface area contributed by atoms with E-state index in [0.717, 1.165) is 28.8 Å². The van der Waals surface area contributed by atoms with E-state index < -0.39 is 0 Å². The molecule has 0 saturated carbocycles. The smallest absolute Gasteiger partial charge is 0.258 e. The lowest BCUT2D eigenvalue weighted by atomic mass is 10.1. The zero-order chi connectivity index (χ0) is 19.4. The van der Waals surface area contributed by atoms with Crippen LogP contribution < -0.4 is 10.1 Å². The van der Waals surface area contributed by atoms with Gasteiger partial charge in [0.15, 0.2) is 12.3 Å². The lowest BCUT2D eigenvalue weighted by Gasteiger charge is -2.29. The summed E-state index contributed by atoms with van der Waals surface area (Å²) in [6, 6.07) is 2.00. The number of likely N-dealkylation sites (tertiary alicyclic amines) is 1. The first kappa shape index (κ1) is 19.6. The molecule has 1 atom stereocenters. The van der Waals surface area contributed by atoms with Gasteiger partial charge >= 0.3 is 0 Å². The first-order valence-corrected chi connectivity index (χ1v) is 9.87. The maximum absolute atomic E-state index is 12.2. The summed E-state index contributed by atoms with van der Waals surface area (Å²) in [6.07, 6.45) is 3.92. The quantitative estimate of drug-likeness (QED) is 0.806. The number of fused-ring (bicyclic) bond motifs is 1. The maximum atomic E-state index is 12.2. The molecule has 0 radical (unpaired) electrons. The molecule has 2 aromatic heterocycles. The van der Waals surface area contributed by atoms with Gasteiger partial charge in [0, 0.05) is 25.8 Å². The second-order valence-corrected chi connectivity index (χ2v) is 7.77. The van der Waals surface area contributed by atoms with Crippen molar-refractivity contribution >= 4 is 16.9 Å². The molecular formula is C20H31N5O2. The van der Waals surface area contributed by atoms with Crippen LogP contribution in [0.4, 0.5) is 0 Å². The number of rotatable bonds is 7. The Labute approximate surface area is 161 Å². The predicted octanol–water partition coefficient (Wildman–Crippen LogP) is 2.20. The fourth-order valence-electron chi connectivity index (χ4n) is 3.77. The number of hydrogen-bond acceptors (Lipinski definition) is 5. The summed E-state index contributed by atoms with van der Waals surface area (Å²) in [7, 11) is 1.84. The number of amides is 1. The predicted molar refractivity (Wildman–Crippen MR) is 106 cm³/mol. The van der Waals surface area contributed by atoms with Crippen molar-refractivity contribution in [3.05, 3.63) is 17.3 Å². The first-order chi connectivity index (χ1) is 12.9. The molecule has 1 unspecified atom stereocenters. The summed E-state index contributed by atoms with van der Waals surface area (Å²) in [5.74, 6) is 0.781. The van der Waals surface area contributed by atoms with E-state index >= 15 is 0 Å². The number of aryl methyl sites for hydroxylation is 3. The van der Waals surface area contributed by atoms with E-state index in [9.17, 15) is 4.79 Å². The van der Waals surface area contributed by atoms with E-state index in [1.807, 2.05) is 27.0 Å². The zero-order valence-electron chi connectivity index (χ0n) is 16.9. The molecule has 27 heavy (non-hydrogen) atoms. The summed E-state index contributed by atoms with van der Waals surface area (Å²) < 4.78 is 7.41. The summed E-state index contributed by atoms with van der Waals surface area (Å²) in [5, 5.41) is 8.23. The second-order valence-electron chi connectivity index (χ2n) is 7.77. The highest BCUT2D eigenvalue weighted by Crippen LogP contribution is 2.26. The number of hydrogen-bond donors (Lipinski definition) is 1. The summed E-state index contributed by atoms with van der Waals surface area (Å²) >= 11 is 0. The molecule has 7 heteroatoms. The highest BCUT2D eigenvalue weighted by atomic mass is 16.5. The minimum Gasteiger partial charge on any atom is -0.466 e. The molecule has 7 nitrogen and oxygen atoms in total. The van der Waals surface area contributed by atoms with Crippen molar-refractivity contribution in [1.82, 2.24) is 25.0 Å². The molecule has 1 saturated heterocycles. The molecule has 1 aliphatic rings. The van der Waals surface area contributed by atoms with Crippen LogP contribution in [-0.4, -0.2) is 58.4 Å². The molecule has 0 aliphatic carbocycles. The topological polar surface area (TPSA) is 72.3 Å². The van der Waals surface area contributed by atoms with Crippen LogP contribution in [0.3, 0.4) is 0 Å². The summed E-state index contributed by atoms with van der Waals surface area (Å²) in [4.78, 5) is 19.2. The third-order valence-corrected chi connectivity index (χ3v) is 5.09. The second kappa shape index (κ2) is 8.69. The van der Waals surface area contributed by atoms with Gasteiger partial charge in [0.25, 0.3) is 5.91 Å². The molecule has 0 spiro atoms. The molecule has 3 heterocycles. The number of carbonyl (C=O) groups is 1. The van der Waals surface area contributed by atoms with Gasteiger partial charge in [-0.3, -0.25) is 4.79 Å². The van der Waals surface area contributed by atoms with Gasteiger partial charge in [0.2, 0.25) is 5.88 Å². The summed E-state index contributed by atoms with van der Waals surface area (Å²) in [5.41, 5.74) is 2.77. The number of piperidine rings is 1. The highest BCUT2D eigenvalue weighted by Gasteiger charge is 2.17. The Morgan fingerprint density at radius 1 is 1.30 bits per heavy atom.